The molecule has 0 aromatic carbocycles. The molecule has 2 aliphatic heterocycles. The predicted molar refractivity (Wildman–Crippen MR) is 94.4 cm³/mol. The number of nitrogens with one attached hydrogen (secondary N) is 2. The number of carbonyl (C=O) groups excluding carboxylic acids is 1. The summed E-state index contributed by atoms with van der Waals surface area (Å²) < 4.78 is 3.86. The van der Waals surface area contributed by atoms with Gasteiger partial charge in [-0.15, -0.1) is 15.3 Å². The molecule has 9 nitrogen and oxygen atoms in total. The Bertz CT molecular complexity index is 746. The Morgan fingerprint density at radius 2 is 2.19 bits per heavy atom. The van der Waals surface area contributed by atoms with E-state index in [0.29, 0.717) is 18.3 Å². The number of aromatic nitrogens is 6. The third-order valence-corrected chi connectivity index (χ3v) is 5.23. The zero-order chi connectivity index (χ0) is 17.8. The second-order valence-corrected chi connectivity index (χ2v) is 7.13. The van der Waals surface area contributed by atoms with Crippen molar-refractivity contribution in [3.63, 3.8) is 0 Å². The minimum Gasteiger partial charge on any atom is -0.343 e. The molecule has 2 aromatic rings. The van der Waals surface area contributed by atoms with Gasteiger partial charge in [-0.2, -0.15) is 0 Å². The van der Waals surface area contributed by atoms with Gasteiger partial charge in [0.05, 0.1) is 12.7 Å². The Labute approximate surface area is 152 Å². The van der Waals surface area contributed by atoms with Gasteiger partial charge in [0.1, 0.15) is 5.82 Å². The Balaban J connectivity index is 1.28. The van der Waals surface area contributed by atoms with E-state index in [1.54, 1.807) is 10.9 Å². The number of hydrogen-bond acceptors (Lipinski definition) is 6. The quantitative estimate of drug-likeness (QED) is 0.787. The number of nitrogens with zero attached hydrogens (tertiary/aromatic N) is 6. The fourth-order valence-corrected chi connectivity index (χ4v) is 3.72. The van der Waals surface area contributed by atoms with Crippen molar-refractivity contribution in [3.8, 4) is 0 Å². The van der Waals surface area contributed by atoms with E-state index in [1.165, 1.54) is 19.3 Å². The summed E-state index contributed by atoms with van der Waals surface area (Å²) in [7, 11) is 0. The van der Waals surface area contributed by atoms with E-state index in [1.807, 2.05) is 0 Å². The maximum absolute atomic E-state index is 12.3. The number of fused-ring (bicyclic) bond motifs is 1. The lowest BCUT2D eigenvalue weighted by Crippen LogP contribution is -2.34. The lowest BCUT2D eigenvalue weighted by Gasteiger charge is -2.23. The first-order valence-corrected chi connectivity index (χ1v) is 9.62. The van der Waals surface area contributed by atoms with Crippen LogP contribution in [0.5, 0.6) is 0 Å². The summed E-state index contributed by atoms with van der Waals surface area (Å²) in [6, 6.07) is 0.546. The number of rotatable bonds is 6. The molecule has 0 radical (unpaired) electrons. The van der Waals surface area contributed by atoms with Crippen molar-refractivity contribution >= 4 is 5.91 Å². The molecule has 2 N–H and O–H groups in total. The van der Waals surface area contributed by atoms with E-state index in [0.717, 1.165) is 57.0 Å². The van der Waals surface area contributed by atoms with Crippen molar-refractivity contribution in [1.29, 1.82) is 0 Å². The predicted octanol–water partition coefficient (Wildman–Crippen LogP) is 0.668. The average molecular weight is 358 g/mol. The van der Waals surface area contributed by atoms with Gasteiger partial charge in [-0.25, -0.2) is 0 Å². The summed E-state index contributed by atoms with van der Waals surface area (Å²) in [4.78, 5) is 12.3. The Hall–Kier alpha value is -2.29. The molecule has 4 heterocycles. The standard InChI is InChI=1S/C17H26N8O/c26-17(19-11-16-22-21-15-6-2-4-9-25(15)16)14-12-24(23-20-14)10-7-13-5-1-3-8-18-13/h12-13,18H,1-11H2,(H,19,26)/t13-/m1/s1. The van der Waals surface area contributed by atoms with Crippen LogP contribution < -0.4 is 10.6 Å². The fourth-order valence-electron chi connectivity index (χ4n) is 3.72. The van der Waals surface area contributed by atoms with Crippen LogP contribution >= 0.6 is 0 Å². The number of amides is 1. The molecular weight excluding hydrogens is 332 g/mol. The van der Waals surface area contributed by atoms with Gasteiger partial charge in [-0.1, -0.05) is 11.6 Å². The molecule has 1 fully saturated rings. The van der Waals surface area contributed by atoms with E-state index < -0.39 is 0 Å². The highest BCUT2D eigenvalue weighted by molar-refractivity contribution is 5.91. The molecule has 9 heteroatoms. The van der Waals surface area contributed by atoms with Crippen LogP contribution in [0, 0.1) is 0 Å². The molecule has 140 valence electrons. The van der Waals surface area contributed by atoms with E-state index in [-0.39, 0.29) is 5.91 Å². The first-order valence-electron chi connectivity index (χ1n) is 9.62. The van der Waals surface area contributed by atoms with E-state index >= 15 is 0 Å². The topological polar surface area (TPSA) is 103 Å². The smallest absolute Gasteiger partial charge is 0.273 e. The molecule has 1 atom stereocenters. The van der Waals surface area contributed by atoms with Gasteiger partial charge in [-0.05, 0) is 38.6 Å². The van der Waals surface area contributed by atoms with Crippen molar-refractivity contribution < 1.29 is 4.79 Å². The third kappa shape index (κ3) is 3.92. The van der Waals surface area contributed by atoms with Gasteiger partial charge in [0.2, 0.25) is 0 Å². The van der Waals surface area contributed by atoms with Gasteiger partial charge >= 0.3 is 0 Å². The normalized spacial score (nSPS) is 19.9. The Kier molecular flexibility index (Phi) is 5.24. The SMILES string of the molecule is O=C(NCc1nnc2n1CCCC2)c1cn(CC[C@H]2CCCCN2)nn1. The number of carbonyl (C=O) groups is 1. The minimum absolute atomic E-state index is 0.222. The largest absolute Gasteiger partial charge is 0.343 e. The summed E-state index contributed by atoms with van der Waals surface area (Å²) in [5.74, 6) is 1.60. The highest BCUT2D eigenvalue weighted by Gasteiger charge is 2.18. The van der Waals surface area contributed by atoms with Gasteiger partial charge in [0.15, 0.2) is 11.5 Å². The zero-order valence-electron chi connectivity index (χ0n) is 15.0. The first kappa shape index (κ1) is 17.1. The van der Waals surface area contributed by atoms with Crippen LogP contribution in [0.3, 0.4) is 0 Å². The fraction of sp³-hybridized carbons (Fsp3) is 0.706. The first-order chi connectivity index (χ1) is 12.8. The monoisotopic (exact) mass is 358 g/mol. The van der Waals surface area contributed by atoms with Crippen LogP contribution in [-0.4, -0.2) is 48.3 Å². The molecule has 1 amide bonds. The van der Waals surface area contributed by atoms with Crippen LogP contribution in [0.15, 0.2) is 6.20 Å². The average Bonchev–Trinajstić information content (AvgIpc) is 3.32. The van der Waals surface area contributed by atoms with Gasteiger partial charge in [0, 0.05) is 25.6 Å². The summed E-state index contributed by atoms with van der Waals surface area (Å²) in [6.45, 7) is 3.17. The third-order valence-electron chi connectivity index (χ3n) is 5.23. The van der Waals surface area contributed by atoms with Crippen molar-refractivity contribution in [2.75, 3.05) is 6.54 Å². The number of piperidine rings is 1. The van der Waals surface area contributed by atoms with E-state index in [9.17, 15) is 4.79 Å². The van der Waals surface area contributed by atoms with Crippen LogP contribution in [0.4, 0.5) is 0 Å². The van der Waals surface area contributed by atoms with Gasteiger partial charge in [0.25, 0.3) is 5.91 Å². The zero-order valence-corrected chi connectivity index (χ0v) is 15.0. The van der Waals surface area contributed by atoms with Crippen molar-refractivity contribution in [2.45, 2.75) is 70.6 Å². The molecule has 1 saturated heterocycles. The molecule has 2 aromatic heterocycles. The molecule has 0 spiro atoms. The second kappa shape index (κ2) is 7.94. The molecule has 26 heavy (non-hydrogen) atoms. The molecule has 4 rings (SSSR count). The summed E-state index contributed by atoms with van der Waals surface area (Å²) in [5, 5.41) is 22.9. The molecule has 0 saturated carbocycles. The summed E-state index contributed by atoms with van der Waals surface area (Å²) in [5.41, 5.74) is 0.347. The van der Waals surface area contributed by atoms with Crippen LogP contribution in [-0.2, 0) is 26.1 Å². The molecule has 0 aliphatic carbocycles. The van der Waals surface area contributed by atoms with E-state index in [4.69, 9.17) is 0 Å². The highest BCUT2D eigenvalue weighted by Crippen LogP contribution is 2.14. The number of aryl methyl sites for hydroxylation is 2. The van der Waals surface area contributed by atoms with Crippen molar-refractivity contribution in [3.05, 3.63) is 23.5 Å². The van der Waals surface area contributed by atoms with Gasteiger partial charge in [-0.3, -0.25) is 9.48 Å². The van der Waals surface area contributed by atoms with Crippen molar-refractivity contribution in [1.82, 2.24) is 40.4 Å². The molecule has 2 aliphatic rings. The van der Waals surface area contributed by atoms with Gasteiger partial charge < -0.3 is 15.2 Å². The Morgan fingerprint density at radius 3 is 3.08 bits per heavy atom. The highest BCUT2D eigenvalue weighted by atomic mass is 16.2. The molecular formula is C17H26N8O. The lowest BCUT2D eigenvalue weighted by atomic mass is 10.0. The summed E-state index contributed by atoms with van der Waals surface area (Å²) in [6.07, 6.45) is 9.75. The Morgan fingerprint density at radius 1 is 1.23 bits per heavy atom. The van der Waals surface area contributed by atoms with Crippen LogP contribution in [0.1, 0.15) is 60.7 Å². The van der Waals surface area contributed by atoms with Crippen molar-refractivity contribution in [2.24, 2.45) is 0 Å². The number of hydrogen-bond donors (Lipinski definition) is 2. The maximum atomic E-state index is 12.3. The lowest BCUT2D eigenvalue weighted by molar-refractivity contribution is 0.0944. The van der Waals surface area contributed by atoms with Crippen LogP contribution in [0.25, 0.3) is 0 Å². The molecule has 0 unspecified atom stereocenters. The van der Waals surface area contributed by atoms with E-state index in [2.05, 4.69) is 35.7 Å². The molecule has 0 bridgehead atoms. The maximum Gasteiger partial charge on any atom is 0.273 e. The summed E-state index contributed by atoms with van der Waals surface area (Å²) >= 11 is 0. The van der Waals surface area contributed by atoms with Crippen LogP contribution in [0.2, 0.25) is 0 Å². The second-order valence-electron chi connectivity index (χ2n) is 7.13. The minimum atomic E-state index is -0.222.